The molecule has 0 atom stereocenters. The minimum atomic E-state index is 0.681. The van der Waals surface area contributed by atoms with Crippen LogP contribution >= 0.6 is 12.6 Å². The number of thiol groups is 1. The summed E-state index contributed by atoms with van der Waals surface area (Å²) < 4.78 is 1.74. The van der Waals surface area contributed by atoms with Gasteiger partial charge in [0.1, 0.15) is 0 Å². The predicted molar refractivity (Wildman–Crippen MR) is 45.7 cm³/mol. The molecule has 0 aromatic carbocycles. The van der Waals surface area contributed by atoms with E-state index in [1.807, 2.05) is 12.3 Å². The highest BCUT2D eigenvalue weighted by Gasteiger charge is 2.00. The molecule has 0 saturated heterocycles. The van der Waals surface area contributed by atoms with Crippen molar-refractivity contribution in [2.75, 3.05) is 0 Å². The number of fused-ring (bicyclic) bond motifs is 1. The second-order valence-electron chi connectivity index (χ2n) is 2.22. The first-order valence-electron chi connectivity index (χ1n) is 3.30. The first kappa shape index (κ1) is 6.67. The van der Waals surface area contributed by atoms with Crippen LogP contribution in [0.25, 0.3) is 5.65 Å². The van der Waals surface area contributed by atoms with Gasteiger partial charge in [0, 0.05) is 23.7 Å². The smallest absolute Gasteiger partial charge is 0.158 e. The molecule has 2 rings (SSSR count). The fraction of sp³-hybridized carbons (Fsp3) is 0.143. The van der Waals surface area contributed by atoms with Crippen LogP contribution < -0.4 is 0 Å². The standard InChI is InChI=1S/C7H7N3S/c11-5-6-4-9-10-3-1-2-8-7(6)10/h1-4,11H,5H2. The predicted octanol–water partition coefficient (Wildman–Crippen LogP) is 1.16. The van der Waals surface area contributed by atoms with Gasteiger partial charge in [-0.25, -0.2) is 9.50 Å². The minimum Gasteiger partial charge on any atom is -0.237 e. The van der Waals surface area contributed by atoms with E-state index in [2.05, 4.69) is 22.7 Å². The zero-order valence-electron chi connectivity index (χ0n) is 5.81. The second-order valence-corrected chi connectivity index (χ2v) is 2.53. The SMILES string of the molecule is SCc1cnn2cccnc12. The van der Waals surface area contributed by atoms with E-state index in [1.54, 1.807) is 16.9 Å². The first-order valence-corrected chi connectivity index (χ1v) is 3.93. The second kappa shape index (κ2) is 2.54. The summed E-state index contributed by atoms with van der Waals surface area (Å²) in [4.78, 5) is 4.16. The Morgan fingerprint density at radius 3 is 3.27 bits per heavy atom. The number of aromatic nitrogens is 3. The van der Waals surface area contributed by atoms with Gasteiger partial charge in [0.25, 0.3) is 0 Å². The highest BCUT2D eigenvalue weighted by atomic mass is 32.1. The molecular weight excluding hydrogens is 158 g/mol. The molecule has 0 aliphatic heterocycles. The van der Waals surface area contributed by atoms with Crippen molar-refractivity contribution in [3.63, 3.8) is 0 Å². The topological polar surface area (TPSA) is 30.2 Å². The van der Waals surface area contributed by atoms with Gasteiger partial charge in [0.05, 0.1) is 6.20 Å². The van der Waals surface area contributed by atoms with E-state index in [0.29, 0.717) is 5.75 Å². The number of rotatable bonds is 1. The van der Waals surface area contributed by atoms with E-state index >= 15 is 0 Å². The van der Waals surface area contributed by atoms with Crippen LogP contribution in [0.4, 0.5) is 0 Å². The average molecular weight is 165 g/mol. The van der Waals surface area contributed by atoms with E-state index in [9.17, 15) is 0 Å². The Morgan fingerprint density at radius 2 is 2.45 bits per heavy atom. The number of nitrogens with zero attached hydrogens (tertiary/aromatic N) is 3. The third-order valence-corrected chi connectivity index (χ3v) is 1.86. The largest absolute Gasteiger partial charge is 0.237 e. The lowest BCUT2D eigenvalue weighted by Gasteiger charge is -1.90. The lowest BCUT2D eigenvalue weighted by atomic mass is 10.4. The maximum Gasteiger partial charge on any atom is 0.158 e. The van der Waals surface area contributed by atoms with Crippen LogP contribution in [0.2, 0.25) is 0 Å². The van der Waals surface area contributed by atoms with Gasteiger partial charge in [-0.1, -0.05) is 0 Å². The zero-order valence-corrected chi connectivity index (χ0v) is 6.70. The quantitative estimate of drug-likeness (QED) is 0.643. The molecule has 0 bridgehead atoms. The Hall–Kier alpha value is -1.03. The summed E-state index contributed by atoms with van der Waals surface area (Å²) in [5.74, 6) is 0.681. The monoisotopic (exact) mass is 165 g/mol. The van der Waals surface area contributed by atoms with Gasteiger partial charge in [-0.15, -0.1) is 0 Å². The molecule has 3 nitrogen and oxygen atoms in total. The minimum absolute atomic E-state index is 0.681. The fourth-order valence-electron chi connectivity index (χ4n) is 0.988. The number of hydrogen-bond acceptors (Lipinski definition) is 3. The summed E-state index contributed by atoms with van der Waals surface area (Å²) in [5.41, 5.74) is 1.96. The van der Waals surface area contributed by atoms with Crippen LogP contribution in [-0.4, -0.2) is 14.6 Å². The summed E-state index contributed by atoms with van der Waals surface area (Å²) >= 11 is 4.16. The molecule has 0 N–H and O–H groups in total. The Labute approximate surface area is 69.5 Å². The van der Waals surface area contributed by atoms with Crippen LogP contribution in [0, 0.1) is 0 Å². The van der Waals surface area contributed by atoms with Crippen molar-refractivity contribution in [3.05, 3.63) is 30.2 Å². The molecule has 0 fully saturated rings. The van der Waals surface area contributed by atoms with Gasteiger partial charge in [-0.05, 0) is 6.07 Å². The highest BCUT2D eigenvalue weighted by Crippen LogP contribution is 2.08. The van der Waals surface area contributed by atoms with Gasteiger partial charge < -0.3 is 0 Å². The van der Waals surface area contributed by atoms with Crippen molar-refractivity contribution in [2.24, 2.45) is 0 Å². The summed E-state index contributed by atoms with van der Waals surface area (Å²) in [6.07, 6.45) is 5.41. The normalized spacial score (nSPS) is 10.6. The Kier molecular flexibility index (Phi) is 1.54. The molecule has 0 saturated carbocycles. The molecule has 11 heavy (non-hydrogen) atoms. The first-order chi connectivity index (χ1) is 5.42. The van der Waals surface area contributed by atoms with Gasteiger partial charge >= 0.3 is 0 Å². The van der Waals surface area contributed by atoms with Crippen LogP contribution in [0.15, 0.2) is 24.7 Å². The van der Waals surface area contributed by atoms with Gasteiger partial charge in [-0.2, -0.15) is 17.7 Å². The van der Waals surface area contributed by atoms with Gasteiger partial charge in [-0.3, -0.25) is 0 Å². The third-order valence-electron chi connectivity index (χ3n) is 1.52. The van der Waals surface area contributed by atoms with Crippen LogP contribution in [0.1, 0.15) is 5.56 Å². The van der Waals surface area contributed by atoms with E-state index in [-0.39, 0.29) is 0 Å². The molecule has 4 heteroatoms. The molecule has 0 spiro atoms. The summed E-state index contributed by atoms with van der Waals surface area (Å²) in [7, 11) is 0. The molecule has 56 valence electrons. The lowest BCUT2D eigenvalue weighted by Crippen LogP contribution is -1.87. The van der Waals surface area contributed by atoms with E-state index in [0.717, 1.165) is 11.2 Å². The Bertz CT molecular complexity index is 368. The van der Waals surface area contributed by atoms with E-state index in [4.69, 9.17) is 0 Å². The van der Waals surface area contributed by atoms with E-state index in [1.165, 1.54) is 0 Å². The Balaban J connectivity index is 2.76. The van der Waals surface area contributed by atoms with Crippen LogP contribution in [0.3, 0.4) is 0 Å². The molecule has 2 heterocycles. The molecule has 0 aliphatic rings. The maximum absolute atomic E-state index is 4.16. The van der Waals surface area contributed by atoms with Gasteiger partial charge in [0.2, 0.25) is 0 Å². The molecule has 0 unspecified atom stereocenters. The summed E-state index contributed by atoms with van der Waals surface area (Å²) in [5, 5.41) is 4.09. The van der Waals surface area contributed by atoms with Gasteiger partial charge in [0.15, 0.2) is 5.65 Å². The fourth-order valence-corrected chi connectivity index (χ4v) is 1.21. The average Bonchev–Trinajstić information content (AvgIpc) is 2.47. The van der Waals surface area contributed by atoms with Crippen molar-refractivity contribution in [1.82, 2.24) is 14.6 Å². The molecule has 0 radical (unpaired) electrons. The van der Waals surface area contributed by atoms with Crippen LogP contribution in [-0.2, 0) is 5.75 Å². The van der Waals surface area contributed by atoms with Crippen molar-refractivity contribution in [1.29, 1.82) is 0 Å². The molecule has 2 aromatic rings. The number of hydrogen-bond donors (Lipinski definition) is 1. The van der Waals surface area contributed by atoms with Crippen molar-refractivity contribution >= 4 is 18.3 Å². The molecule has 2 aromatic heterocycles. The maximum atomic E-state index is 4.16. The molecule has 0 aliphatic carbocycles. The van der Waals surface area contributed by atoms with Crippen molar-refractivity contribution in [3.8, 4) is 0 Å². The van der Waals surface area contributed by atoms with E-state index < -0.39 is 0 Å². The summed E-state index contributed by atoms with van der Waals surface area (Å²) in [6, 6.07) is 1.85. The Morgan fingerprint density at radius 1 is 1.55 bits per heavy atom. The molecule has 0 amide bonds. The highest BCUT2D eigenvalue weighted by molar-refractivity contribution is 7.79. The lowest BCUT2D eigenvalue weighted by molar-refractivity contribution is 0.939. The third kappa shape index (κ3) is 0.991. The summed E-state index contributed by atoms with van der Waals surface area (Å²) in [6.45, 7) is 0. The molecular formula is C7H7N3S. The van der Waals surface area contributed by atoms with Crippen LogP contribution in [0.5, 0.6) is 0 Å². The van der Waals surface area contributed by atoms with Crippen molar-refractivity contribution in [2.45, 2.75) is 5.75 Å². The zero-order chi connectivity index (χ0) is 7.68. The van der Waals surface area contributed by atoms with Crippen molar-refractivity contribution < 1.29 is 0 Å².